The number of aldehydes is 1. The number of hydrogen-bond acceptors (Lipinski definition) is 1. The molecular weight excluding hydrogens is 256 g/mol. The van der Waals surface area contributed by atoms with Gasteiger partial charge in [-0.2, -0.15) is 0 Å². The molecule has 116 valence electrons. The fraction of sp³-hybridized carbons (Fsp3) is 0.450. The van der Waals surface area contributed by atoms with E-state index in [0.717, 1.165) is 37.5 Å². The zero-order valence-corrected chi connectivity index (χ0v) is 12.4. The summed E-state index contributed by atoms with van der Waals surface area (Å²) in [4.78, 5) is 11.0. The lowest BCUT2D eigenvalue weighted by Gasteiger charge is -2.07. The number of hydrogen-bond donors (Lipinski definition) is 0. The van der Waals surface area contributed by atoms with Gasteiger partial charge in [0.1, 0.15) is 6.29 Å². The Kier molecular flexibility index (Phi) is 11.2. The molecule has 0 saturated heterocycles. The zero-order chi connectivity index (χ0) is 14.6. The predicted molar refractivity (Wildman–Crippen MR) is 94.1 cm³/mol. The van der Waals surface area contributed by atoms with Gasteiger partial charge in [0.15, 0.2) is 0 Å². The molecule has 0 amide bonds. The molecule has 0 heterocycles. The minimum atomic E-state index is 0. The molecule has 1 nitrogen and oxygen atoms in total. The van der Waals surface area contributed by atoms with Crippen LogP contribution in [0, 0.1) is 0 Å². The van der Waals surface area contributed by atoms with Crippen molar-refractivity contribution in [2.45, 2.75) is 58.8 Å². The van der Waals surface area contributed by atoms with Crippen molar-refractivity contribution < 1.29 is 4.79 Å². The molecular formula is C20H30O. The highest BCUT2D eigenvalue weighted by Crippen LogP contribution is 2.15. The van der Waals surface area contributed by atoms with Crippen molar-refractivity contribution in [2.24, 2.45) is 0 Å². The molecule has 0 aliphatic rings. The molecule has 1 aromatic carbocycles. The van der Waals surface area contributed by atoms with Crippen LogP contribution in [0.1, 0.15) is 67.4 Å². The van der Waals surface area contributed by atoms with Gasteiger partial charge in [-0.25, -0.2) is 0 Å². The zero-order valence-electron chi connectivity index (χ0n) is 12.4. The van der Waals surface area contributed by atoms with Gasteiger partial charge in [-0.3, -0.25) is 4.79 Å². The summed E-state index contributed by atoms with van der Waals surface area (Å²) in [6.45, 7) is 7.49. The minimum Gasteiger partial charge on any atom is -0.298 e. The number of rotatable bonds is 11. The summed E-state index contributed by atoms with van der Waals surface area (Å²) in [5, 5.41) is 0. The van der Waals surface area contributed by atoms with Crippen molar-refractivity contribution in [3.63, 3.8) is 0 Å². The van der Waals surface area contributed by atoms with Gasteiger partial charge in [0.05, 0.1) is 0 Å². The summed E-state index contributed by atoms with van der Waals surface area (Å²) in [5.41, 5.74) is 3.33. The Morgan fingerprint density at radius 3 is 2.05 bits per heavy atom. The molecule has 0 saturated carbocycles. The van der Waals surface area contributed by atoms with E-state index in [1.54, 1.807) is 0 Å². The first-order valence-electron chi connectivity index (χ1n) is 7.60. The fourth-order valence-corrected chi connectivity index (χ4v) is 2.39. The van der Waals surface area contributed by atoms with Crippen LogP contribution in [-0.2, 0) is 12.8 Å². The SMILES string of the molecule is C.C=CCCCCCCc1cc(C=O)cc(CCC=C)c1. The van der Waals surface area contributed by atoms with Gasteiger partial charge in [0.2, 0.25) is 0 Å². The van der Waals surface area contributed by atoms with Crippen LogP contribution in [0.2, 0.25) is 0 Å². The summed E-state index contributed by atoms with van der Waals surface area (Å²) in [7, 11) is 0. The Balaban J connectivity index is 0.00000400. The van der Waals surface area contributed by atoms with E-state index < -0.39 is 0 Å². The van der Waals surface area contributed by atoms with Gasteiger partial charge < -0.3 is 0 Å². The second kappa shape index (κ2) is 12.1. The van der Waals surface area contributed by atoms with Gasteiger partial charge in [-0.05, 0) is 61.8 Å². The molecule has 0 spiro atoms. The molecule has 1 rings (SSSR count). The largest absolute Gasteiger partial charge is 0.298 e. The van der Waals surface area contributed by atoms with Crippen LogP contribution < -0.4 is 0 Å². The van der Waals surface area contributed by atoms with E-state index in [4.69, 9.17) is 0 Å². The highest BCUT2D eigenvalue weighted by atomic mass is 16.1. The van der Waals surface area contributed by atoms with E-state index in [2.05, 4.69) is 19.2 Å². The molecule has 0 fully saturated rings. The summed E-state index contributed by atoms with van der Waals surface area (Å²) in [6, 6.07) is 6.25. The van der Waals surface area contributed by atoms with Crippen molar-refractivity contribution in [1.82, 2.24) is 0 Å². The first-order chi connectivity index (χ1) is 9.80. The minimum absolute atomic E-state index is 0. The van der Waals surface area contributed by atoms with Crippen molar-refractivity contribution in [2.75, 3.05) is 0 Å². The lowest BCUT2D eigenvalue weighted by atomic mass is 9.99. The maximum atomic E-state index is 11.0. The second-order valence-corrected chi connectivity index (χ2v) is 5.27. The van der Waals surface area contributed by atoms with E-state index in [-0.39, 0.29) is 7.43 Å². The van der Waals surface area contributed by atoms with Gasteiger partial charge in [0.25, 0.3) is 0 Å². The highest BCUT2D eigenvalue weighted by molar-refractivity contribution is 5.75. The Bertz CT molecular complexity index is 431. The van der Waals surface area contributed by atoms with E-state index in [1.807, 2.05) is 24.3 Å². The molecule has 0 atom stereocenters. The van der Waals surface area contributed by atoms with E-state index in [0.29, 0.717) is 0 Å². The van der Waals surface area contributed by atoms with Crippen LogP contribution in [0.3, 0.4) is 0 Å². The standard InChI is InChI=1S/C19H26O.CH4/c1-3-5-7-8-9-10-12-18-13-17(11-6-4-2)14-19(15-18)16-20;/h3-4,13-16H,1-2,5-12H2;1H4. The maximum Gasteiger partial charge on any atom is 0.150 e. The maximum absolute atomic E-state index is 11.0. The van der Waals surface area contributed by atoms with E-state index in [9.17, 15) is 4.79 Å². The van der Waals surface area contributed by atoms with E-state index >= 15 is 0 Å². The van der Waals surface area contributed by atoms with Gasteiger partial charge in [-0.1, -0.05) is 38.5 Å². The van der Waals surface area contributed by atoms with Crippen molar-refractivity contribution >= 4 is 6.29 Å². The van der Waals surface area contributed by atoms with Crippen molar-refractivity contribution in [1.29, 1.82) is 0 Å². The topological polar surface area (TPSA) is 17.1 Å². The molecule has 0 bridgehead atoms. The van der Waals surface area contributed by atoms with Crippen LogP contribution in [0.15, 0.2) is 43.5 Å². The summed E-state index contributed by atoms with van der Waals surface area (Å²) in [5.74, 6) is 0. The number of carbonyl (C=O) groups excluding carboxylic acids is 1. The highest BCUT2D eigenvalue weighted by Gasteiger charge is 2.01. The number of benzene rings is 1. The molecule has 0 aromatic heterocycles. The predicted octanol–water partition coefficient (Wildman–Crippen LogP) is 5.93. The number of aryl methyl sites for hydroxylation is 2. The molecule has 0 unspecified atom stereocenters. The third-order valence-electron chi connectivity index (χ3n) is 3.47. The normalized spacial score (nSPS) is 9.71. The Morgan fingerprint density at radius 2 is 1.43 bits per heavy atom. The van der Waals surface area contributed by atoms with Crippen LogP contribution in [-0.4, -0.2) is 6.29 Å². The molecule has 0 aliphatic heterocycles. The summed E-state index contributed by atoms with van der Waals surface area (Å²) in [6.07, 6.45) is 13.9. The molecule has 0 aliphatic carbocycles. The van der Waals surface area contributed by atoms with Crippen molar-refractivity contribution in [3.05, 3.63) is 60.2 Å². The summed E-state index contributed by atoms with van der Waals surface area (Å²) >= 11 is 0. The molecule has 0 N–H and O–H groups in total. The number of unbranched alkanes of at least 4 members (excludes halogenated alkanes) is 4. The number of allylic oxidation sites excluding steroid dienone is 2. The third-order valence-corrected chi connectivity index (χ3v) is 3.47. The summed E-state index contributed by atoms with van der Waals surface area (Å²) < 4.78 is 0. The monoisotopic (exact) mass is 286 g/mol. The van der Waals surface area contributed by atoms with Crippen LogP contribution in [0.4, 0.5) is 0 Å². The first-order valence-corrected chi connectivity index (χ1v) is 7.60. The quantitative estimate of drug-likeness (QED) is 0.280. The molecule has 21 heavy (non-hydrogen) atoms. The number of carbonyl (C=O) groups is 1. The van der Waals surface area contributed by atoms with E-state index in [1.165, 1.54) is 36.8 Å². The first kappa shape index (κ1) is 19.4. The van der Waals surface area contributed by atoms with Gasteiger partial charge in [-0.15, -0.1) is 13.2 Å². The third kappa shape index (κ3) is 8.29. The van der Waals surface area contributed by atoms with Crippen LogP contribution in [0.25, 0.3) is 0 Å². The van der Waals surface area contributed by atoms with Gasteiger partial charge >= 0.3 is 0 Å². The molecule has 1 heteroatoms. The lowest BCUT2D eigenvalue weighted by Crippen LogP contribution is -1.94. The molecule has 0 radical (unpaired) electrons. The van der Waals surface area contributed by atoms with Crippen LogP contribution in [0.5, 0.6) is 0 Å². The lowest BCUT2D eigenvalue weighted by molar-refractivity contribution is 0.112. The fourth-order valence-electron chi connectivity index (χ4n) is 2.39. The average Bonchev–Trinajstić information content (AvgIpc) is 2.48. The Hall–Kier alpha value is -1.63. The Morgan fingerprint density at radius 1 is 0.810 bits per heavy atom. The Labute approximate surface area is 130 Å². The van der Waals surface area contributed by atoms with Crippen molar-refractivity contribution in [3.8, 4) is 0 Å². The van der Waals surface area contributed by atoms with Crippen LogP contribution >= 0.6 is 0 Å². The second-order valence-electron chi connectivity index (χ2n) is 5.27. The average molecular weight is 286 g/mol. The smallest absolute Gasteiger partial charge is 0.150 e. The molecule has 1 aromatic rings. The van der Waals surface area contributed by atoms with Gasteiger partial charge in [0, 0.05) is 5.56 Å².